The van der Waals surface area contributed by atoms with E-state index in [1.165, 1.54) is 6.42 Å². The van der Waals surface area contributed by atoms with Gasteiger partial charge in [-0.1, -0.05) is 0 Å². The van der Waals surface area contributed by atoms with Crippen molar-refractivity contribution in [2.24, 2.45) is 0 Å². The van der Waals surface area contributed by atoms with Crippen LogP contribution in [0.25, 0.3) is 5.52 Å². The highest BCUT2D eigenvalue weighted by molar-refractivity contribution is 5.94. The van der Waals surface area contributed by atoms with Crippen LogP contribution in [0.4, 0.5) is 10.5 Å². The maximum absolute atomic E-state index is 12.6. The molecule has 3 aliphatic rings. The Kier molecular flexibility index (Phi) is 7.29. The standard InChI is InChI=1S/C22H22N4O4.C5H11NO/c1-14-15(13-27)12-26-21(14)19(7-8-23-26)30-17-5-6-18-20(11-17)29-10-9-25(18)22(28)24-16-3-2-4-16;1-6-3-5(4-6)7-2/h5-8,11-13,16H,2-4,9-10H2,1H3,(H,24,28);5H,3-4H2,1-2H3. The van der Waals surface area contributed by atoms with Crippen LogP contribution in [0.15, 0.2) is 36.7 Å². The molecule has 10 nitrogen and oxygen atoms in total. The molecule has 1 aliphatic carbocycles. The summed E-state index contributed by atoms with van der Waals surface area (Å²) in [6.07, 6.45) is 7.89. The number of rotatable bonds is 5. The number of carbonyl (C=O) groups is 2. The molecule has 0 atom stereocenters. The van der Waals surface area contributed by atoms with Crippen LogP contribution in [0.1, 0.15) is 35.2 Å². The molecular formula is C27H33N5O5. The van der Waals surface area contributed by atoms with Gasteiger partial charge in [-0.3, -0.25) is 9.69 Å². The summed E-state index contributed by atoms with van der Waals surface area (Å²) in [5, 5.41) is 7.33. The first-order valence-electron chi connectivity index (χ1n) is 12.6. The molecule has 0 unspecified atom stereocenters. The molecule has 1 aromatic carbocycles. The lowest BCUT2D eigenvalue weighted by Gasteiger charge is -2.34. The predicted octanol–water partition coefficient (Wildman–Crippen LogP) is 3.66. The summed E-state index contributed by atoms with van der Waals surface area (Å²) in [6, 6.07) is 7.39. The van der Waals surface area contributed by atoms with Crippen molar-refractivity contribution in [1.82, 2.24) is 19.8 Å². The fourth-order valence-corrected chi connectivity index (χ4v) is 4.64. The van der Waals surface area contributed by atoms with Gasteiger partial charge in [-0.2, -0.15) is 5.10 Å². The van der Waals surface area contributed by atoms with Gasteiger partial charge in [0, 0.05) is 50.1 Å². The van der Waals surface area contributed by atoms with Gasteiger partial charge < -0.3 is 24.4 Å². The number of aryl methyl sites for hydroxylation is 1. The van der Waals surface area contributed by atoms with E-state index in [1.54, 1.807) is 41.1 Å². The normalized spacial score (nSPS) is 17.5. The van der Waals surface area contributed by atoms with Gasteiger partial charge in [-0.25, -0.2) is 9.31 Å². The minimum atomic E-state index is -0.0843. The summed E-state index contributed by atoms with van der Waals surface area (Å²) < 4.78 is 18.6. The third-order valence-corrected chi connectivity index (χ3v) is 7.12. The first-order chi connectivity index (χ1) is 18.0. The van der Waals surface area contributed by atoms with Gasteiger partial charge in [0.05, 0.1) is 24.5 Å². The van der Waals surface area contributed by atoms with E-state index in [2.05, 4.69) is 22.4 Å². The Hall–Kier alpha value is -3.63. The summed E-state index contributed by atoms with van der Waals surface area (Å²) in [6.45, 7) is 5.01. The van der Waals surface area contributed by atoms with Crippen LogP contribution in [-0.2, 0) is 4.74 Å². The van der Waals surface area contributed by atoms with Gasteiger partial charge in [0.15, 0.2) is 12.0 Å². The zero-order chi connectivity index (χ0) is 25.9. The second kappa shape index (κ2) is 10.8. The largest absolute Gasteiger partial charge is 0.489 e. The lowest BCUT2D eigenvalue weighted by molar-refractivity contribution is -0.0155. The number of carbonyl (C=O) groups excluding carboxylic acids is 2. The summed E-state index contributed by atoms with van der Waals surface area (Å²) in [7, 11) is 3.85. The SMILES string of the molecule is COC1CN(C)C1.Cc1c(C=O)cn2nccc(Oc3ccc4c(c3)OCCN4C(=O)NC3CCC3)c12. The molecule has 2 aromatic heterocycles. The first-order valence-corrected chi connectivity index (χ1v) is 12.6. The van der Waals surface area contributed by atoms with E-state index in [0.717, 1.165) is 49.0 Å². The zero-order valence-corrected chi connectivity index (χ0v) is 21.5. The quantitative estimate of drug-likeness (QED) is 0.527. The Morgan fingerprint density at radius 1 is 1.24 bits per heavy atom. The molecule has 6 rings (SSSR count). The number of nitrogens with one attached hydrogen (secondary N) is 1. The van der Waals surface area contributed by atoms with E-state index < -0.39 is 0 Å². The molecule has 1 saturated heterocycles. The Bertz CT molecular complexity index is 1280. The summed E-state index contributed by atoms with van der Waals surface area (Å²) >= 11 is 0. The number of likely N-dealkylation sites (tertiary alicyclic amines) is 1. The Morgan fingerprint density at radius 3 is 2.70 bits per heavy atom. The van der Waals surface area contributed by atoms with Crippen molar-refractivity contribution in [1.29, 1.82) is 0 Å². The van der Waals surface area contributed by atoms with Crippen molar-refractivity contribution >= 4 is 23.5 Å². The van der Waals surface area contributed by atoms with Crippen LogP contribution in [0, 0.1) is 6.92 Å². The van der Waals surface area contributed by atoms with Gasteiger partial charge in [0.25, 0.3) is 0 Å². The van der Waals surface area contributed by atoms with Crippen molar-refractivity contribution in [2.45, 2.75) is 38.3 Å². The molecule has 4 heterocycles. The molecule has 0 radical (unpaired) electrons. The lowest BCUT2D eigenvalue weighted by atomic mass is 9.93. The number of fused-ring (bicyclic) bond motifs is 2. The number of hydrogen-bond acceptors (Lipinski definition) is 7. The number of hydrogen-bond donors (Lipinski definition) is 1. The molecule has 0 spiro atoms. The van der Waals surface area contributed by atoms with E-state index in [4.69, 9.17) is 14.2 Å². The maximum atomic E-state index is 12.6. The fraction of sp³-hybridized carbons (Fsp3) is 0.444. The number of anilines is 1. The van der Waals surface area contributed by atoms with Crippen molar-refractivity contribution < 1.29 is 23.8 Å². The van der Waals surface area contributed by atoms with E-state index >= 15 is 0 Å². The summed E-state index contributed by atoms with van der Waals surface area (Å²) in [4.78, 5) is 27.9. The van der Waals surface area contributed by atoms with E-state index in [0.29, 0.717) is 42.1 Å². The van der Waals surface area contributed by atoms with E-state index in [9.17, 15) is 9.59 Å². The number of amides is 2. The van der Waals surface area contributed by atoms with Crippen LogP contribution in [-0.4, -0.2) is 79.4 Å². The Balaban J connectivity index is 0.000000348. The molecule has 2 amide bonds. The monoisotopic (exact) mass is 507 g/mol. The van der Waals surface area contributed by atoms with Crippen molar-refractivity contribution in [3.05, 3.63) is 47.8 Å². The highest BCUT2D eigenvalue weighted by atomic mass is 16.5. The molecule has 10 heteroatoms. The third-order valence-electron chi connectivity index (χ3n) is 7.12. The Morgan fingerprint density at radius 2 is 2.05 bits per heavy atom. The Labute approximate surface area is 216 Å². The molecule has 0 bridgehead atoms. The summed E-state index contributed by atoms with van der Waals surface area (Å²) in [5.41, 5.74) is 2.84. The minimum absolute atomic E-state index is 0.0843. The molecule has 3 aromatic rings. The van der Waals surface area contributed by atoms with Gasteiger partial charge in [0.2, 0.25) is 0 Å². The zero-order valence-electron chi connectivity index (χ0n) is 21.5. The molecule has 196 valence electrons. The fourth-order valence-electron chi connectivity index (χ4n) is 4.64. The predicted molar refractivity (Wildman–Crippen MR) is 139 cm³/mol. The van der Waals surface area contributed by atoms with Crippen molar-refractivity contribution in [3.63, 3.8) is 0 Å². The number of methoxy groups -OCH3 is 1. The number of aromatic nitrogens is 2. The second-order valence-corrected chi connectivity index (χ2v) is 9.70. The third kappa shape index (κ3) is 5.26. The minimum Gasteiger partial charge on any atom is -0.489 e. The molecule has 2 aliphatic heterocycles. The highest BCUT2D eigenvalue weighted by Gasteiger charge is 2.28. The number of likely N-dealkylation sites (N-methyl/N-ethyl adjacent to an activating group) is 1. The smallest absolute Gasteiger partial charge is 0.322 e. The van der Waals surface area contributed by atoms with Crippen LogP contribution in [0.2, 0.25) is 0 Å². The van der Waals surface area contributed by atoms with E-state index in [1.807, 2.05) is 19.1 Å². The van der Waals surface area contributed by atoms with Crippen molar-refractivity contribution in [3.8, 4) is 17.2 Å². The number of urea groups is 1. The number of nitrogens with zero attached hydrogens (tertiary/aromatic N) is 4. The number of benzene rings is 1. The average molecular weight is 508 g/mol. The molecule has 2 fully saturated rings. The lowest BCUT2D eigenvalue weighted by Crippen LogP contribution is -2.49. The van der Waals surface area contributed by atoms with Crippen molar-refractivity contribution in [2.75, 3.05) is 45.3 Å². The molecule has 1 N–H and O–H groups in total. The van der Waals surface area contributed by atoms with Crippen LogP contribution in [0.5, 0.6) is 17.2 Å². The van der Waals surface area contributed by atoms with Gasteiger partial charge >= 0.3 is 6.03 Å². The number of ether oxygens (including phenoxy) is 3. The van der Waals surface area contributed by atoms with Gasteiger partial charge in [0.1, 0.15) is 23.6 Å². The number of aldehydes is 1. The van der Waals surface area contributed by atoms with Gasteiger partial charge in [-0.05, 0) is 50.9 Å². The second-order valence-electron chi connectivity index (χ2n) is 9.70. The molecule has 1 saturated carbocycles. The van der Waals surface area contributed by atoms with Crippen LogP contribution < -0.4 is 19.7 Å². The highest BCUT2D eigenvalue weighted by Crippen LogP contribution is 2.38. The topological polar surface area (TPSA) is 97.6 Å². The average Bonchev–Trinajstić information content (AvgIpc) is 3.20. The van der Waals surface area contributed by atoms with Gasteiger partial charge in [-0.15, -0.1) is 0 Å². The maximum Gasteiger partial charge on any atom is 0.322 e. The molecule has 37 heavy (non-hydrogen) atoms. The first kappa shape index (κ1) is 25.0. The van der Waals surface area contributed by atoms with E-state index in [-0.39, 0.29) is 12.1 Å². The molecular weight excluding hydrogens is 474 g/mol. The van der Waals surface area contributed by atoms with Crippen LogP contribution in [0.3, 0.4) is 0 Å². The summed E-state index contributed by atoms with van der Waals surface area (Å²) in [5.74, 6) is 1.77. The van der Waals surface area contributed by atoms with Crippen LogP contribution >= 0.6 is 0 Å².